The van der Waals surface area contributed by atoms with Crippen LogP contribution in [0.3, 0.4) is 0 Å². The fourth-order valence-electron chi connectivity index (χ4n) is 1.88. The van der Waals surface area contributed by atoms with Crippen LogP contribution in [0.4, 0.5) is 5.82 Å². The van der Waals surface area contributed by atoms with Crippen LogP contribution in [0.25, 0.3) is 0 Å². The van der Waals surface area contributed by atoms with E-state index in [1.165, 1.54) is 6.42 Å². The second kappa shape index (κ2) is 4.49. The molecule has 1 aromatic rings. The Labute approximate surface area is 98.6 Å². The topological polar surface area (TPSA) is 41.9 Å². The fraction of sp³-hybridized carbons (Fsp3) is 0.667. The molecule has 0 amide bonds. The maximum Gasteiger partial charge on any atom is 0.245 e. The van der Waals surface area contributed by atoms with Crippen LogP contribution < -0.4 is 4.90 Å². The number of hydrogen-bond donors (Lipinski definition) is 0. The average molecular weight is 247 g/mol. The van der Waals surface area contributed by atoms with Crippen molar-refractivity contribution in [2.45, 2.75) is 32.2 Å². The number of rotatable bonds is 1. The van der Waals surface area contributed by atoms with Crippen LogP contribution in [0.1, 0.15) is 26.2 Å². The van der Waals surface area contributed by atoms with Gasteiger partial charge in [0.05, 0.1) is 0 Å². The Hall–Kier alpha value is -0.610. The van der Waals surface area contributed by atoms with Crippen molar-refractivity contribution in [2.24, 2.45) is 0 Å². The molecule has 2 heterocycles. The Balaban J connectivity index is 2.30. The van der Waals surface area contributed by atoms with Crippen LogP contribution in [0, 0.1) is 0 Å². The standard InChI is InChI=1S/C9H12Cl2N4/c1-6-4-2-3-5-15(6)8-7(10)13-14-9(11)12-8/h6H,2-5H2,1H3. The van der Waals surface area contributed by atoms with Gasteiger partial charge in [0.15, 0.2) is 11.0 Å². The summed E-state index contributed by atoms with van der Waals surface area (Å²) in [5.74, 6) is 0.656. The van der Waals surface area contributed by atoms with Gasteiger partial charge in [-0.2, -0.15) is 4.98 Å². The summed E-state index contributed by atoms with van der Waals surface area (Å²) in [6.45, 7) is 3.11. The van der Waals surface area contributed by atoms with Gasteiger partial charge in [-0.25, -0.2) is 0 Å². The van der Waals surface area contributed by atoms with Gasteiger partial charge in [0.2, 0.25) is 5.28 Å². The van der Waals surface area contributed by atoms with E-state index in [0.717, 1.165) is 19.4 Å². The normalized spacial score (nSPS) is 21.8. The summed E-state index contributed by atoms with van der Waals surface area (Å²) in [5.41, 5.74) is 0. The van der Waals surface area contributed by atoms with Gasteiger partial charge in [0.1, 0.15) is 0 Å². The van der Waals surface area contributed by atoms with Crippen molar-refractivity contribution >= 4 is 29.0 Å². The molecule has 0 N–H and O–H groups in total. The third-order valence-corrected chi connectivity index (χ3v) is 3.08. The van der Waals surface area contributed by atoms with Crippen LogP contribution in [0.15, 0.2) is 0 Å². The molecule has 1 saturated heterocycles. The SMILES string of the molecule is CC1CCCCN1c1nc(Cl)nnc1Cl. The highest BCUT2D eigenvalue weighted by Gasteiger charge is 2.22. The highest BCUT2D eigenvalue weighted by Crippen LogP contribution is 2.27. The maximum atomic E-state index is 5.96. The Morgan fingerprint density at radius 3 is 2.80 bits per heavy atom. The van der Waals surface area contributed by atoms with Crippen LogP contribution >= 0.6 is 23.2 Å². The first-order valence-electron chi connectivity index (χ1n) is 5.01. The van der Waals surface area contributed by atoms with Crippen molar-refractivity contribution in [3.05, 3.63) is 10.4 Å². The van der Waals surface area contributed by atoms with E-state index >= 15 is 0 Å². The highest BCUT2D eigenvalue weighted by atomic mass is 35.5. The van der Waals surface area contributed by atoms with Gasteiger partial charge < -0.3 is 4.90 Å². The average Bonchev–Trinajstić information content (AvgIpc) is 2.23. The molecule has 2 rings (SSSR count). The molecule has 4 nitrogen and oxygen atoms in total. The van der Waals surface area contributed by atoms with E-state index < -0.39 is 0 Å². The molecule has 15 heavy (non-hydrogen) atoms. The molecule has 0 bridgehead atoms. The predicted molar refractivity (Wildman–Crippen MR) is 60.5 cm³/mol. The Morgan fingerprint density at radius 1 is 1.27 bits per heavy atom. The first-order chi connectivity index (χ1) is 7.18. The van der Waals surface area contributed by atoms with E-state index in [-0.39, 0.29) is 5.28 Å². The summed E-state index contributed by atoms with van der Waals surface area (Å²) in [7, 11) is 0. The zero-order valence-corrected chi connectivity index (χ0v) is 9.96. The van der Waals surface area contributed by atoms with Gasteiger partial charge in [0.25, 0.3) is 0 Å². The quantitative estimate of drug-likeness (QED) is 0.764. The Morgan fingerprint density at radius 2 is 2.07 bits per heavy atom. The molecule has 82 valence electrons. The third kappa shape index (κ3) is 2.32. The van der Waals surface area contributed by atoms with Gasteiger partial charge >= 0.3 is 0 Å². The molecule has 0 saturated carbocycles. The van der Waals surface area contributed by atoms with Crippen LogP contribution in [0.5, 0.6) is 0 Å². The molecular formula is C9H12Cl2N4. The molecule has 1 aliphatic heterocycles. The number of anilines is 1. The number of halogens is 2. The lowest BCUT2D eigenvalue weighted by atomic mass is 10.0. The molecule has 1 aromatic heterocycles. The lowest BCUT2D eigenvalue weighted by molar-refractivity contribution is 0.480. The van der Waals surface area contributed by atoms with E-state index in [4.69, 9.17) is 23.2 Å². The summed E-state index contributed by atoms with van der Waals surface area (Å²) in [4.78, 5) is 6.28. The number of aromatic nitrogens is 3. The monoisotopic (exact) mass is 246 g/mol. The predicted octanol–water partition coefficient (Wildman–Crippen LogP) is 2.56. The Kier molecular flexibility index (Phi) is 3.26. The van der Waals surface area contributed by atoms with Crippen molar-refractivity contribution in [3.63, 3.8) is 0 Å². The number of piperidine rings is 1. The number of hydrogen-bond acceptors (Lipinski definition) is 4. The van der Waals surface area contributed by atoms with Gasteiger partial charge in [-0.05, 0) is 37.8 Å². The van der Waals surface area contributed by atoms with Gasteiger partial charge in [-0.3, -0.25) is 0 Å². The molecule has 1 atom stereocenters. The van der Waals surface area contributed by atoms with Crippen molar-refractivity contribution in [3.8, 4) is 0 Å². The van der Waals surface area contributed by atoms with E-state index in [0.29, 0.717) is 17.0 Å². The summed E-state index contributed by atoms with van der Waals surface area (Å²) in [6, 6.07) is 0.434. The zero-order chi connectivity index (χ0) is 10.8. The van der Waals surface area contributed by atoms with Crippen molar-refractivity contribution in [1.82, 2.24) is 15.2 Å². The summed E-state index contributed by atoms with van der Waals surface area (Å²) < 4.78 is 0. The van der Waals surface area contributed by atoms with Crippen molar-refractivity contribution in [2.75, 3.05) is 11.4 Å². The smallest absolute Gasteiger partial charge is 0.245 e. The third-order valence-electron chi connectivity index (χ3n) is 2.68. The maximum absolute atomic E-state index is 5.96. The van der Waals surface area contributed by atoms with E-state index in [1.54, 1.807) is 0 Å². The van der Waals surface area contributed by atoms with Crippen LogP contribution in [0.2, 0.25) is 10.4 Å². The first kappa shape index (κ1) is 10.9. The van der Waals surface area contributed by atoms with E-state index in [2.05, 4.69) is 27.0 Å². The van der Waals surface area contributed by atoms with E-state index in [9.17, 15) is 0 Å². The van der Waals surface area contributed by atoms with Crippen LogP contribution in [-0.4, -0.2) is 27.8 Å². The molecule has 0 radical (unpaired) electrons. The molecule has 1 unspecified atom stereocenters. The van der Waals surface area contributed by atoms with Crippen LogP contribution in [-0.2, 0) is 0 Å². The molecule has 1 fully saturated rings. The highest BCUT2D eigenvalue weighted by molar-refractivity contribution is 6.32. The summed E-state index contributed by atoms with van der Waals surface area (Å²) in [5, 5.41) is 7.85. The van der Waals surface area contributed by atoms with Crippen molar-refractivity contribution < 1.29 is 0 Å². The van der Waals surface area contributed by atoms with Gasteiger partial charge in [0, 0.05) is 12.6 Å². The zero-order valence-electron chi connectivity index (χ0n) is 8.45. The van der Waals surface area contributed by atoms with Crippen molar-refractivity contribution in [1.29, 1.82) is 0 Å². The molecule has 6 heteroatoms. The second-order valence-corrected chi connectivity index (χ2v) is 4.43. The fourth-order valence-corrected chi connectivity index (χ4v) is 2.19. The minimum Gasteiger partial charge on any atom is -0.351 e. The van der Waals surface area contributed by atoms with E-state index in [1.807, 2.05) is 0 Å². The molecule has 0 spiro atoms. The molecule has 0 aliphatic carbocycles. The summed E-state index contributed by atoms with van der Waals surface area (Å²) >= 11 is 11.7. The minimum absolute atomic E-state index is 0.146. The molecular weight excluding hydrogens is 235 g/mol. The lowest BCUT2D eigenvalue weighted by Crippen LogP contribution is -2.38. The van der Waals surface area contributed by atoms with Gasteiger partial charge in [-0.15, -0.1) is 10.2 Å². The molecule has 0 aromatic carbocycles. The minimum atomic E-state index is 0.146. The number of nitrogens with zero attached hydrogens (tertiary/aromatic N) is 4. The second-order valence-electron chi connectivity index (χ2n) is 3.73. The lowest BCUT2D eigenvalue weighted by Gasteiger charge is -2.34. The van der Waals surface area contributed by atoms with Gasteiger partial charge in [-0.1, -0.05) is 11.6 Å². The summed E-state index contributed by atoms with van der Waals surface area (Å²) in [6.07, 6.45) is 3.56. The largest absolute Gasteiger partial charge is 0.351 e. The Bertz CT molecular complexity index is 358. The first-order valence-corrected chi connectivity index (χ1v) is 5.76. The molecule has 1 aliphatic rings.